The minimum absolute atomic E-state index is 0.170. The van der Waals surface area contributed by atoms with E-state index in [2.05, 4.69) is 6.58 Å². The zero-order valence-electron chi connectivity index (χ0n) is 17.6. The molecule has 29 heavy (non-hydrogen) atoms. The van der Waals surface area contributed by atoms with Gasteiger partial charge in [-0.05, 0) is 58.4 Å². The molecule has 0 N–H and O–H groups in total. The number of halogens is 2. The van der Waals surface area contributed by atoms with Crippen LogP contribution < -0.4 is 10.2 Å². The number of hydrogen-bond acceptors (Lipinski definition) is 3. The first-order chi connectivity index (χ1) is 13.5. The summed E-state index contributed by atoms with van der Waals surface area (Å²) >= 11 is 0. The molecule has 0 saturated carbocycles. The second-order valence-electron chi connectivity index (χ2n) is 8.42. The van der Waals surface area contributed by atoms with E-state index in [0.29, 0.717) is 28.8 Å². The van der Waals surface area contributed by atoms with E-state index < -0.39 is 30.0 Å². The molecule has 1 heterocycles. The Bertz CT molecular complexity index is 895. The first-order valence-electron chi connectivity index (χ1n) is 9.76. The third-order valence-corrected chi connectivity index (χ3v) is 5.58. The first kappa shape index (κ1) is 21.5. The standard InChI is InChI=1S/C23H27BF2O3/c1-7-8-15(2)27-21-14-17(25)10-11-18(21)16-9-12-20(26)19(13-16)24-28-22(3,4)23(5,6)29-24/h7,9-15H,1,8H2,2-6H3/t15-/m0/s1. The molecule has 2 aromatic rings. The predicted molar refractivity (Wildman–Crippen MR) is 112 cm³/mol. The van der Waals surface area contributed by atoms with Crippen molar-refractivity contribution in [3.8, 4) is 16.9 Å². The van der Waals surface area contributed by atoms with Gasteiger partial charge in [-0.3, -0.25) is 0 Å². The van der Waals surface area contributed by atoms with Gasteiger partial charge in [0.25, 0.3) is 0 Å². The molecule has 0 bridgehead atoms. The smallest absolute Gasteiger partial charge is 0.490 e. The molecule has 2 aromatic carbocycles. The molecule has 3 nitrogen and oxygen atoms in total. The van der Waals surface area contributed by atoms with Gasteiger partial charge in [0, 0.05) is 23.5 Å². The van der Waals surface area contributed by atoms with Crippen molar-refractivity contribution in [2.24, 2.45) is 0 Å². The second-order valence-corrected chi connectivity index (χ2v) is 8.42. The number of rotatable bonds is 6. The predicted octanol–water partition coefficient (Wildman–Crippen LogP) is 5.27. The summed E-state index contributed by atoms with van der Waals surface area (Å²) in [6.45, 7) is 13.3. The largest absolute Gasteiger partial charge is 0.497 e. The van der Waals surface area contributed by atoms with Crippen LogP contribution in [-0.2, 0) is 9.31 Å². The lowest BCUT2D eigenvalue weighted by atomic mass is 9.77. The van der Waals surface area contributed by atoms with Crippen LogP contribution in [0.1, 0.15) is 41.0 Å². The van der Waals surface area contributed by atoms with E-state index >= 15 is 0 Å². The van der Waals surface area contributed by atoms with Crippen molar-refractivity contribution in [2.45, 2.75) is 58.3 Å². The molecule has 0 amide bonds. The molecule has 0 radical (unpaired) electrons. The van der Waals surface area contributed by atoms with Crippen molar-refractivity contribution in [3.05, 3.63) is 60.7 Å². The topological polar surface area (TPSA) is 27.7 Å². The van der Waals surface area contributed by atoms with Gasteiger partial charge >= 0.3 is 7.12 Å². The van der Waals surface area contributed by atoms with Crippen molar-refractivity contribution in [1.29, 1.82) is 0 Å². The number of benzene rings is 2. The maximum atomic E-state index is 14.7. The maximum Gasteiger partial charge on any atom is 0.497 e. The van der Waals surface area contributed by atoms with E-state index in [1.54, 1.807) is 24.3 Å². The van der Waals surface area contributed by atoms with E-state index in [9.17, 15) is 8.78 Å². The van der Waals surface area contributed by atoms with Gasteiger partial charge in [-0.15, -0.1) is 6.58 Å². The third kappa shape index (κ3) is 4.38. The van der Waals surface area contributed by atoms with E-state index in [0.717, 1.165) is 0 Å². The molecule has 1 fully saturated rings. The van der Waals surface area contributed by atoms with Gasteiger partial charge in [-0.25, -0.2) is 8.78 Å². The molecular weight excluding hydrogens is 373 g/mol. The summed E-state index contributed by atoms with van der Waals surface area (Å²) in [7, 11) is -0.829. The fraction of sp³-hybridized carbons (Fsp3) is 0.391. The first-order valence-corrected chi connectivity index (χ1v) is 9.76. The van der Waals surface area contributed by atoms with Crippen LogP contribution in [0.3, 0.4) is 0 Å². The van der Waals surface area contributed by atoms with Crippen molar-refractivity contribution in [3.63, 3.8) is 0 Å². The molecule has 3 rings (SSSR count). The van der Waals surface area contributed by atoms with Crippen LogP contribution in [-0.4, -0.2) is 24.4 Å². The molecule has 0 unspecified atom stereocenters. The Morgan fingerprint density at radius 1 is 1.07 bits per heavy atom. The minimum Gasteiger partial charge on any atom is -0.490 e. The Kier molecular flexibility index (Phi) is 5.88. The third-order valence-electron chi connectivity index (χ3n) is 5.58. The second kappa shape index (κ2) is 7.92. The van der Waals surface area contributed by atoms with Crippen molar-refractivity contribution in [1.82, 2.24) is 0 Å². The SMILES string of the molecule is C=CC[C@H](C)Oc1cc(F)ccc1-c1ccc(F)c(B2OC(C)(C)C(C)(C)O2)c1. The fourth-order valence-electron chi connectivity index (χ4n) is 3.19. The molecule has 0 spiro atoms. The normalized spacial score (nSPS) is 18.5. The molecular formula is C23H27BF2O3. The zero-order valence-corrected chi connectivity index (χ0v) is 17.6. The molecule has 1 aliphatic heterocycles. The quantitative estimate of drug-likeness (QED) is 0.488. The Balaban J connectivity index is 2.00. The molecule has 1 atom stereocenters. The van der Waals surface area contributed by atoms with Crippen LogP contribution in [0, 0.1) is 11.6 Å². The molecule has 0 aromatic heterocycles. The highest BCUT2D eigenvalue weighted by Crippen LogP contribution is 2.37. The Hall–Kier alpha value is -2.18. The maximum absolute atomic E-state index is 14.7. The van der Waals surface area contributed by atoms with Crippen LogP contribution in [0.5, 0.6) is 5.75 Å². The van der Waals surface area contributed by atoms with E-state index in [1.165, 1.54) is 18.2 Å². The van der Waals surface area contributed by atoms with Gasteiger partial charge in [-0.1, -0.05) is 18.2 Å². The van der Waals surface area contributed by atoms with Gasteiger partial charge in [0.15, 0.2) is 0 Å². The van der Waals surface area contributed by atoms with Crippen LogP contribution in [0.4, 0.5) is 8.78 Å². The Labute approximate surface area is 171 Å². The van der Waals surface area contributed by atoms with Crippen molar-refractivity contribution < 1.29 is 22.8 Å². The van der Waals surface area contributed by atoms with Crippen LogP contribution in [0.15, 0.2) is 49.1 Å². The average molecular weight is 400 g/mol. The minimum atomic E-state index is -0.829. The summed E-state index contributed by atoms with van der Waals surface area (Å²) in [5.41, 5.74) is 0.502. The lowest BCUT2D eigenvalue weighted by Crippen LogP contribution is -2.41. The molecule has 6 heteroatoms. The summed E-state index contributed by atoms with van der Waals surface area (Å²) in [4.78, 5) is 0. The molecule has 1 saturated heterocycles. The summed E-state index contributed by atoms with van der Waals surface area (Å²) in [6, 6.07) is 9.02. The molecule has 0 aliphatic carbocycles. The molecule has 1 aliphatic rings. The summed E-state index contributed by atoms with van der Waals surface area (Å²) in [5.74, 6) is -0.425. The Morgan fingerprint density at radius 3 is 2.34 bits per heavy atom. The van der Waals surface area contributed by atoms with Gasteiger partial charge in [0.1, 0.15) is 17.4 Å². The zero-order chi connectivity index (χ0) is 21.4. The highest BCUT2D eigenvalue weighted by atomic mass is 19.1. The van der Waals surface area contributed by atoms with E-state index in [1.807, 2.05) is 34.6 Å². The molecule has 154 valence electrons. The van der Waals surface area contributed by atoms with Crippen molar-refractivity contribution in [2.75, 3.05) is 0 Å². The summed E-state index contributed by atoms with van der Waals surface area (Å²) in [5, 5.41) is 0. The fourth-order valence-corrected chi connectivity index (χ4v) is 3.19. The van der Waals surface area contributed by atoms with E-state index in [4.69, 9.17) is 14.0 Å². The van der Waals surface area contributed by atoms with Gasteiger partial charge in [-0.2, -0.15) is 0 Å². The number of hydrogen-bond donors (Lipinski definition) is 0. The highest BCUT2D eigenvalue weighted by molar-refractivity contribution is 6.62. The van der Waals surface area contributed by atoms with Gasteiger partial charge < -0.3 is 14.0 Å². The summed E-state index contributed by atoms with van der Waals surface area (Å²) < 4.78 is 46.4. The van der Waals surface area contributed by atoms with E-state index in [-0.39, 0.29) is 6.10 Å². The Morgan fingerprint density at radius 2 is 1.72 bits per heavy atom. The van der Waals surface area contributed by atoms with Gasteiger partial charge in [0.2, 0.25) is 0 Å². The summed E-state index contributed by atoms with van der Waals surface area (Å²) in [6.07, 6.45) is 2.20. The monoisotopic (exact) mass is 400 g/mol. The lowest BCUT2D eigenvalue weighted by molar-refractivity contribution is 0.00578. The van der Waals surface area contributed by atoms with Crippen molar-refractivity contribution >= 4 is 12.6 Å². The lowest BCUT2D eigenvalue weighted by Gasteiger charge is -2.32. The highest BCUT2D eigenvalue weighted by Gasteiger charge is 2.52. The average Bonchev–Trinajstić information content (AvgIpc) is 2.83. The van der Waals surface area contributed by atoms with Crippen LogP contribution >= 0.6 is 0 Å². The van der Waals surface area contributed by atoms with Gasteiger partial charge in [0.05, 0.1) is 17.3 Å². The van der Waals surface area contributed by atoms with Crippen LogP contribution in [0.25, 0.3) is 11.1 Å². The number of ether oxygens (including phenoxy) is 1. The van der Waals surface area contributed by atoms with Crippen LogP contribution in [0.2, 0.25) is 0 Å².